The number of benzene rings is 1. The second-order valence-electron chi connectivity index (χ2n) is 7.92. The first-order chi connectivity index (χ1) is 12.9. The summed E-state index contributed by atoms with van der Waals surface area (Å²) in [5.41, 5.74) is 6.86. The number of nitrogens with zero attached hydrogens (tertiary/aromatic N) is 3. The summed E-state index contributed by atoms with van der Waals surface area (Å²) >= 11 is 0. The maximum Gasteiger partial charge on any atom is 0.137 e. The molecular formula is C23H28N4. The number of rotatable bonds is 2. The predicted molar refractivity (Wildman–Crippen MR) is 113 cm³/mol. The standard InChI is InChI=1S/C23H28N4/c1-15-6-7-20(10-16(15)2)22-11-19(5)27-14-21(8-9-23(27)25-22)26-12-17(3)24-18(4)13-26/h6-11,14,17-18,24H,5,12-13H2,1-4H3/t17-,18?/m0/s1. The van der Waals surface area contributed by atoms with Crippen LogP contribution in [0.25, 0.3) is 5.70 Å². The first-order valence-electron chi connectivity index (χ1n) is 9.68. The van der Waals surface area contributed by atoms with Gasteiger partial charge in [0.05, 0.1) is 11.4 Å². The van der Waals surface area contributed by atoms with E-state index in [1.54, 1.807) is 0 Å². The second kappa shape index (κ2) is 6.86. The number of hydrogen-bond donors (Lipinski definition) is 1. The largest absolute Gasteiger partial charge is 0.367 e. The summed E-state index contributed by atoms with van der Waals surface area (Å²) in [5.74, 6) is 0.927. The number of aryl methyl sites for hydroxylation is 2. The van der Waals surface area contributed by atoms with E-state index in [2.05, 4.69) is 92.0 Å². The number of aliphatic imine (C=N–C) groups is 1. The molecule has 0 aromatic heterocycles. The summed E-state index contributed by atoms with van der Waals surface area (Å²) in [7, 11) is 0. The van der Waals surface area contributed by atoms with Gasteiger partial charge in [0.2, 0.25) is 0 Å². The first kappa shape index (κ1) is 17.8. The Hall–Kier alpha value is -2.59. The van der Waals surface area contributed by atoms with Gasteiger partial charge in [-0.25, -0.2) is 4.99 Å². The van der Waals surface area contributed by atoms with E-state index in [4.69, 9.17) is 4.99 Å². The molecule has 4 rings (SSSR count). The number of amidine groups is 1. The van der Waals surface area contributed by atoms with Crippen LogP contribution in [0.3, 0.4) is 0 Å². The molecular weight excluding hydrogens is 332 g/mol. The number of allylic oxidation sites excluding steroid dienone is 2. The van der Waals surface area contributed by atoms with Crippen LogP contribution in [-0.4, -0.2) is 40.8 Å². The van der Waals surface area contributed by atoms with Gasteiger partial charge in [-0.3, -0.25) is 0 Å². The molecule has 1 fully saturated rings. The van der Waals surface area contributed by atoms with Crippen molar-refractivity contribution in [3.8, 4) is 0 Å². The molecule has 0 amide bonds. The average molecular weight is 361 g/mol. The smallest absolute Gasteiger partial charge is 0.137 e. The molecule has 3 aliphatic rings. The molecule has 3 heterocycles. The fraction of sp³-hybridized carbons (Fsp3) is 0.348. The third-order valence-electron chi connectivity index (χ3n) is 5.48. The second-order valence-corrected chi connectivity index (χ2v) is 7.92. The van der Waals surface area contributed by atoms with Gasteiger partial charge in [-0.15, -0.1) is 0 Å². The fourth-order valence-electron chi connectivity index (χ4n) is 3.96. The Morgan fingerprint density at radius 2 is 1.81 bits per heavy atom. The van der Waals surface area contributed by atoms with Crippen molar-refractivity contribution in [3.05, 3.63) is 77.3 Å². The van der Waals surface area contributed by atoms with Gasteiger partial charge in [-0.05, 0) is 63.1 Å². The van der Waals surface area contributed by atoms with Gasteiger partial charge in [0.25, 0.3) is 0 Å². The normalized spacial score (nSPS) is 25.0. The molecule has 1 aromatic carbocycles. The lowest BCUT2D eigenvalue weighted by atomic mass is 10.0. The topological polar surface area (TPSA) is 30.9 Å². The highest BCUT2D eigenvalue weighted by atomic mass is 15.3. The Bertz CT molecular complexity index is 893. The van der Waals surface area contributed by atoms with Gasteiger partial charge in [0, 0.05) is 42.6 Å². The Labute approximate surface area is 162 Å². The zero-order chi connectivity index (χ0) is 19.1. The Kier molecular flexibility index (Phi) is 4.52. The van der Waals surface area contributed by atoms with Crippen molar-refractivity contribution in [1.29, 1.82) is 0 Å². The third-order valence-corrected chi connectivity index (χ3v) is 5.48. The maximum atomic E-state index is 4.89. The highest BCUT2D eigenvalue weighted by Crippen LogP contribution is 2.29. The summed E-state index contributed by atoms with van der Waals surface area (Å²) in [6.45, 7) is 15.1. The summed E-state index contributed by atoms with van der Waals surface area (Å²) in [5, 5.41) is 3.59. The van der Waals surface area contributed by atoms with E-state index >= 15 is 0 Å². The molecule has 0 radical (unpaired) electrons. The van der Waals surface area contributed by atoms with Crippen molar-refractivity contribution >= 4 is 11.5 Å². The van der Waals surface area contributed by atoms with Gasteiger partial charge in [-0.1, -0.05) is 18.7 Å². The predicted octanol–water partition coefficient (Wildman–Crippen LogP) is 3.97. The van der Waals surface area contributed by atoms with Crippen molar-refractivity contribution in [1.82, 2.24) is 15.1 Å². The Morgan fingerprint density at radius 3 is 2.52 bits per heavy atom. The minimum atomic E-state index is 0.485. The van der Waals surface area contributed by atoms with E-state index in [1.165, 1.54) is 16.8 Å². The Balaban J connectivity index is 1.60. The minimum Gasteiger partial charge on any atom is -0.367 e. The van der Waals surface area contributed by atoms with E-state index in [-0.39, 0.29) is 0 Å². The lowest BCUT2D eigenvalue weighted by molar-refractivity contribution is 0.218. The highest BCUT2D eigenvalue weighted by Gasteiger charge is 2.26. The zero-order valence-electron chi connectivity index (χ0n) is 16.7. The molecule has 0 spiro atoms. The molecule has 2 atom stereocenters. The summed E-state index contributed by atoms with van der Waals surface area (Å²) < 4.78 is 0. The molecule has 1 saturated heterocycles. The van der Waals surface area contributed by atoms with Gasteiger partial charge < -0.3 is 15.1 Å². The lowest BCUT2D eigenvalue weighted by Gasteiger charge is -2.40. The van der Waals surface area contributed by atoms with Crippen LogP contribution in [0.5, 0.6) is 0 Å². The van der Waals surface area contributed by atoms with Gasteiger partial charge in [0.15, 0.2) is 0 Å². The summed E-state index contributed by atoms with van der Waals surface area (Å²) in [6, 6.07) is 7.46. The molecule has 140 valence electrons. The number of nitrogens with one attached hydrogen (secondary N) is 1. The van der Waals surface area contributed by atoms with E-state index in [0.717, 1.165) is 35.9 Å². The van der Waals surface area contributed by atoms with Crippen molar-refractivity contribution < 1.29 is 0 Å². The van der Waals surface area contributed by atoms with Crippen LogP contribution >= 0.6 is 0 Å². The molecule has 1 unspecified atom stereocenters. The van der Waals surface area contributed by atoms with Gasteiger partial charge >= 0.3 is 0 Å². The number of fused-ring (bicyclic) bond motifs is 1. The van der Waals surface area contributed by atoms with E-state index in [0.29, 0.717) is 12.1 Å². The van der Waals surface area contributed by atoms with Crippen LogP contribution in [0.4, 0.5) is 0 Å². The third kappa shape index (κ3) is 3.50. The monoisotopic (exact) mass is 360 g/mol. The molecule has 0 bridgehead atoms. The van der Waals surface area contributed by atoms with E-state index in [9.17, 15) is 0 Å². The van der Waals surface area contributed by atoms with Crippen LogP contribution < -0.4 is 5.32 Å². The van der Waals surface area contributed by atoms with Crippen LogP contribution in [0.15, 0.2) is 65.6 Å². The van der Waals surface area contributed by atoms with Crippen molar-refractivity contribution in [3.63, 3.8) is 0 Å². The highest BCUT2D eigenvalue weighted by molar-refractivity contribution is 6.02. The molecule has 4 heteroatoms. The molecule has 3 aliphatic heterocycles. The van der Waals surface area contributed by atoms with Gasteiger partial charge in [-0.2, -0.15) is 0 Å². The molecule has 4 nitrogen and oxygen atoms in total. The summed E-state index contributed by atoms with van der Waals surface area (Å²) in [4.78, 5) is 9.42. The van der Waals surface area contributed by atoms with Crippen molar-refractivity contribution in [2.24, 2.45) is 4.99 Å². The lowest BCUT2D eigenvalue weighted by Crippen LogP contribution is -2.53. The van der Waals surface area contributed by atoms with Crippen LogP contribution in [0, 0.1) is 13.8 Å². The van der Waals surface area contributed by atoms with E-state index in [1.807, 2.05) is 0 Å². The molecule has 0 saturated carbocycles. The molecule has 27 heavy (non-hydrogen) atoms. The minimum absolute atomic E-state index is 0.485. The van der Waals surface area contributed by atoms with Crippen LogP contribution in [0.2, 0.25) is 0 Å². The average Bonchev–Trinajstić information content (AvgIpc) is 2.63. The van der Waals surface area contributed by atoms with Crippen molar-refractivity contribution in [2.45, 2.75) is 39.8 Å². The molecule has 1 N–H and O–H groups in total. The summed E-state index contributed by atoms with van der Waals surface area (Å²) in [6.07, 6.45) is 8.52. The molecule has 0 aliphatic carbocycles. The fourth-order valence-corrected chi connectivity index (χ4v) is 3.96. The van der Waals surface area contributed by atoms with Gasteiger partial charge in [0.1, 0.15) is 5.84 Å². The first-order valence-corrected chi connectivity index (χ1v) is 9.68. The van der Waals surface area contributed by atoms with Crippen molar-refractivity contribution in [2.75, 3.05) is 13.1 Å². The van der Waals surface area contributed by atoms with E-state index < -0.39 is 0 Å². The van der Waals surface area contributed by atoms with Crippen LogP contribution in [-0.2, 0) is 0 Å². The van der Waals surface area contributed by atoms with Crippen LogP contribution in [0.1, 0.15) is 30.5 Å². The Morgan fingerprint density at radius 1 is 1.07 bits per heavy atom. The zero-order valence-corrected chi connectivity index (χ0v) is 16.7. The quantitative estimate of drug-likeness (QED) is 0.866. The molecule has 1 aromatic rings. The SMILES string of the molecule is C=C1C=C(c2ccc(C)c(C)c2)N=C2C=CC(N3CC(C)N[C@@H](C)C3)=CN12. The number of piperazine rings is 1. The maximum absolute atomic E-state index is 4.89. The number of hydrogen-bond acceptors (Lipinski definition) is 4.